The van der Waals surface area contributed by atoms with E-state index in [0.717, 1.165) is 12.8 Å². The van der Waals surface area contributed by atoms with Crippen molar-refractivity contribution in [2.24, 2.45) is 0 Å². The van der Waals surface area contributed by atoms with E-state index >= 15 is 0 Å². The Labute approximate surface area is 107 Å². The molecule has 0 saturated carbocycles. The van der Waals surface area contributed by atoms with Gasteiger partial charge >= 0.3 is 0 Å². The number of hydrogen-bond acceptors (Lipinski definition) is 2. The maximum Gasteiger partial charge on any atom is 0.0564 e. The third-order valence-electron chi connectivity index (χ3n) is 3.25. The molecule has 0 aliphatic rings. The minimum atomic E-state index is -0.372. The van der Waals surface area contributed by atoms with Crippen molar-refractivity contribution in [2.45, 2.75) is 96.7 Å². The Balaban J connectivity index is 3.07. The summed E-state index contributed by atoms with van der Waals surface area (Å²) in [6.45, 7) is 3.98. The highest BCUT2D eigenvalue weighted by molar-refractivity contribution is 4.60. The Bertz CT molecular complexity index is 146. The van der Waals surface area contributed by atoms with Gasteiger partial charge in [-0.2, -0.15) is 0 Å². The van der Waals surface area contributed by atoms with E-state index in [1.54, 1.807) is 6.92 Å². The van der Waals surface area contributed by atoms with Crippen molar-refractivity contribution in [3.8, 4) is 0 Å². The summed E-state index contributed by atoms with van der Waals surface area (Å²) in [7, 11) is 0. The lowest BCUT2D eigenvalue weighted by molar-refractivity contribution is 0.0834. The molecule has 2 N–H and O–H groups in total. The smallest absolute Gasteiger partial charge is 0.0564 e. The van der Waals surface area contributed by atoms with Crippen LogP contribution in [0.5, 0.6) is 0 Å². The molecular weight excluding hydrogens is 212 g/mol. The fraction of sp³-hybridized carbons (Fsp3) is 1.00. The van der Waals surface area contributed by atoms with Gasteiger partial charge in [-0.05, 0) is 19.8 Å². The van der Waals surface area contributed by atoms with E-state index in [0.29, 0.717) is 6.42 Å². The molecule has 0 saturated heterocycles. The average Bonchev–Trinajstić information content (AvgIpc) is 2.26. The van der Waals surface area contributed by atoms with E-state index in [9.17, 15) is 5.11 Å². The van der Waals surface area contributed by atoms with Gasteiger partial charge in [0.2, 0.25) is 0 Å². The number of aliphatic hydroxyl groups excluding tert-OH is 2. The number of unbranched alkanes of at least 4 members (excludes halogenated alkanes) is 8. The topological polar surface area (TPSA) is 40.5 Å². The van der Waals surface area contributed by atoms with E-state index < -0.39 is 0 Å². The maximum atomic E-state index is 9.56. The van der Waals surface area contributed by atoms with Crippen LogP contribution in [0.25, 0.3) is 0 Å². The van der Waals surface area contributed by atoms with Crippen LogP contribution in [0.15, 0.2) is 0 Å². The van der Waals surface area contributed by atoms with Crippen molar-refractivity contribution >= 4 is 0 Å². The first kappa shape index (κ1) is 16.9. The molecule has 0 radical (unpaired) electrons. The Hall–Kier alpha value is -0.0800. The zero-order valence-electron chi connectivity index (χ0n) is 11.8. The second-order valence-electron chi connectivity index (χ2n) is 5.36. The van der Waals surface area contributed by atoms with E-state index in [1.165, 1.54) is 51.4 Å². The van der Waals surface area contributed by atoms with Crippen LogP contribution in [0.2, 0.25) is 0 Å². The molecular formula is C15H32O2. The monoisotopic (exact) mass is 244 g/mol. The van der Waals surface area contributed by atoms with Crippen LogP contribution in [-0.4, -0.2) is 22.4 Å². The summed E-state index contributed by atoms with van der Waals surface area (Å²) < 4.78 is 0. The fourth-order valence-electron chi connectivity index (χ4n) is 2.20. The molecule has 104 valence electrons. The predicted octanol–water partition coefficient (Wildman–Crippen LogP) is 4.04. The second kappa shape index (κ2) is 12.4. The molecule has 17 heavy (non-hydrogen) atoms. The normalized spacial score (nSPS) is 14.8. The summed E-state index contributed by atoms with van der Waals surface area (Å²) in [6, 6.07) is 0. The van der Waals surface area contributed by atoms with E-state index in [4.69, 9.17) is 5.11 Å². The van der Waals surface area contributed by atoms with Crippen molar-refractivity contribution in [1.82, 2.24) is 0 Å². The molecule has 0 aliphatic carbocycles. The summed E-state index contributed by atoms with van der Waals surface area (Å²) in [5, 5.41) is 18.7. The Kier molecular flexibility index (Phi) is 12.3. The molecule has 0 rings (SSSR count). The maximum absolute atomic E-state index is 9.56. The van der Waals surface area contributed by atoms with E-state index in [2.05, 4.69) is 6.92 Å². The minimum absolute atomic E-state index is 0.306. The first-order chi connectivity index (χ1) is 8.16. The molecule has 2 unspecified atom stereocenters. The van der Waals surface area contributed by atoms with Crippen LogP contribution >= 0.6 is 0 Å². The molecule has 0 heterocycles. The minimum Gasteiger partial charge on any atom is -0.393 e. The fourth-order valence-corrected chi connectivity index (χ4v) is 2.20. The van der Waals surface area contributed by atoms with Crippen molar-refractivity contribution in [1.29, 1.82) is 0 Å². The van der Waals surface area contributed by atoms with Gasteiger partial charge in [0.25, 0.3) is 0 Å². The number of rotatable bonds is 12. The molecule has 0 fully saturated rings. The highest BCUT2D eigenvalue weighted by Crippen LogP contribution is 2.12. The summed E-state index contributed by atoms with van der Waals surface area (Å²) in [6.07, 6.45) is 12.5. The van der Waals surface area contributed by atoms with Crippen LogP contribution in [0.1, 0.15) is 84.5 Å². The van der Waals surface area contributed by atoms with E-state index in [-0.39, 0.29) is 12.2 Å². The van der Waals surface area contributed by atoms with Gasteiger partial charge in [0.05, 0.1) is 12.2 Å². The highest BCUT2D eigenvalue weighted by Gasteiger charge is 2.06. The largest absolute Gasteiger partial charge is 0.393 e. The SMILES string of the molecule is CCCCCCCCCCCC(O)CC(C)O. The Morgan fingerprint density at radius 1 is 0.765 bits per heavy atom. The average molecular weight is 244 g/mol. The number of aliphatic hydroxyl groups is 2. The molecule has 0 aromatic rings. The van der Waals surface area contributed by atoms with Crippen LogP contribution in [0.3, 0.4) is 0 Å². The highest BCUT2D eigenvalue weighted by atomic mass is 16.3. The van der Waals surface area contributed by atoms with Gasteiger partial charge in [-0.25, -0.2) is 0 Å². The second-order valence-corrected chi connectivity index (χ2v) is 5.36. The van der Waals surface area contributed by atoms with Crippen LogP contribution in [-0.2, 0) is 0 Å². The molecule has 2 atom stereocenters. The first-order valence-electron chi connectivity index (χ1n) is 7.53. The van der Waals surface area contributed by atoms with Gasteiger partial charge in [-0.3, -0.25) is 0 Å². The lowest BCUT2D eigenvalue weighted by Crippen LogP contribution is -2.14. The zero-order chi connectivity index (χ0) is 12.9. The summed E-state index contributed by atoms with van der Waals surface area (Å²) >= 11 is 0. The Morgan fingerprint density at radius 3 is 1.71 bits per heavy atom. The van der Waals surface area contributed by atoms with Crippen LogP contribution in [0, 0.1) is 0 Å². The quantitative estimate of drug-likeness (QED) is 0.509. The van der Waals surface area contributed by atoms with Gasteiger partial charge in [0.15, 0.2) is 0 Å². The first-order valence-corrected chi connectivity index (χ1v) is 7.53. The zero-order valence-corrected chi connectivity index (χ0v) is 11.8. The van der Waals surface area contributed by atoms with Gasteiger partial charge < -0.3 is 10.2 Å². The van der Waals surface area contributed by atoms with Gasteiger partial charge in [-0.1, -0.05) is 64.7 Å². The molecule has 0 amide bonds. The molecule has 0 bridgehead atoms. The molecule has 2 heteroatoms. The van der Waals surface area contributed by atoms with Gasteiger partial charge in [0.1, 0.15) is 0 Å². The van der Waals surface area contributed by atoms with Gasteiger partial charge in [0, 0.05) is 0 Å². The third kappa shape index (κ3) is 13.9. The van der Waals surface area contributed by atoms with Crippen LogP contribution in [0.4, 0.5) is 0 Å². The van der Waals surface area contributed by atoms with Crippen LogP contribution < -0.4 is 0 Å². The third-order valence-corrected chi connectivity index (χ3v) is 3.25. The lowest BCUT2D eigenvalue weighted by Gasteiger charge is -2.11. The Morgan fingerprint density at radius 2 is 1.24 bits per heavy atom. The van der Waals surface area contributed by atoms with Crippen molar-refractivity contribution < 1.29 is 10.2 Å². The summed E-state index contributed by atoms with van der Waals surface area (Å²) in [5.41, 5.74) is 0. The van der Waals surface area contributed by atoms with Crippen molar-refractivity contribution in [2.75, 3.05) is 0 Å². The lowest BCUT2D eigenvalue weighted by atomic mass is 10.0. The molecule has 0 aliphatic heterocycles. The molecule has 0 spiro atoms. The van der Waals surface area contributed by atoms with Crippen molar-refractivity contribution in [3.63, 3.8) is 0 Å². The summed E-state index contributed by atoms with van der Waals surface area (Å²) in [4.78, 5) is 0. The molecule has 0 aromatic heterocycles. The number of hydrogen-bond donors (Lipinski definition) is 2. The molecule has 0 aromatic carbocycles. The van der Waals surface area contributed by atoms with Gasteiger partial charge in [-0.15, -0.1) is 0 Å². The van der Waals surface area contributed by atoms with E-state index in [1.807, 2.05) is 0 Å². The summed E-state index contributed by atoms with van der Waals surface area (Å²) in [5.74, 6) is 0. The van der Waals surface area contributed by atoms with Crippen molar-refractivity contribution in [3.05, 3.63) is 0 Å². The standard InChI is InChI=1S/C15H32O2/c1-3-4-5-6-7-8-9-10-11-12-15(17)13-14(2)16/h14-17H,3-13H2,1-2H3. The predicted molar refractivity (Wildman–Crippen MR) is 74.1 cm³/mol. The molecule has 2 nitrogen and oxygen atoms in total.